The highest BCUT2D eigenvalue weighted by atomic mass is 16.6. The molecule has 0 aliphatic heterocycles. The Morgan fingerprint density at radius 2 is 0.545 bits per heavy atom. The Morgan fingerprint density at radius 3 is 0.909 bits per heavy atom. The second-order valence-electron chi connectivity index (χ2n) is 20.2. The fourth-order valence-corrected chi connectivity index (χ4v) is 8.21. The van der Waals surface area contributed by atoms with Crippen LogP contribution in [0.15, 0.2) is 146 Å². The van der Waals surface area contributed by atoms with Crippen molar-refractivity contribution in [2.24, 2.45) is 0 Å². The quantitative estimate of drug-likeness (QED) is 0.0261. The van der Waals surface area contributed by atoms with Gasteiger partial charge in [-0.15, -0.1) is 0 Å². The van der Waals surface area contributed by atoms with Crippen LogP contribution in [0.3, 0.4) is 0 Å². The lowest BCUT2D eigenvalue weighted by Crippen LogP contribution is -2.30. The lowest BCUT2D eigenvalue weighted by molar-refractivity contribution is -0.166. The highest BCUT2D eigenvalue weighted by molar-refractivity contribution is 5.71. The van der Waals surface area contributed by atoms with Gasteiger partial charge in [-0.1, -0.05) is 269 Å². The van der Waals surface area contributed by atoms with Crippen molar-refractivity contribution in [1.29, 1.82) is 0 Å². The maximum Gasteiger partial charge on any atom is 0.306 e. The van der Waals surface area contributed by atoms with Crippen LogP contribution in [0.5, 0.6) is 0 Å². The molecule has 434 valence electrons. The first-order valence-corrected chi connectivity index (χ1v) is 31.3. The van der Waals surface area contributed by atoms with Gasteiger partial charge < -0.3 is 14.2 Å². The van der Waals surface area contributed by atoms with E-state index in [2.05, 4.69) is 154 Å². The Morgan fingerprint density at radius 1 is 0.273 bits per heavy atom. The first-order chi connectivity index (χ1) is 38.0. The van der Waals surface area contributed by atoms with Crippen LogP contribution in [0.2, 0.25) is 0 Å². The summed E-state index contributed by atoms with van der Waals surface area (Å²) in [5.41, 5.74) is 0. The highest BCUT2D eigenvalue weighted by Gasteiger charge is 2.19. The molecular formula is C71H114O6. The van der Waals surface area contributed by atoms with Gasteiger partial charge in [-0.2, -0.15) is 0 Å². The number of hydrogen-bond acceptors (Lipinski definition) is 6. The number of carbonyl (C=O) groups is 3. The minimum absolute atomic E-state index is 0.131. The van der Waals surface area contributed by atoms with Crippen LogP contribution in [-0.2, 0) is 28.6 Å². The third-order valence-corrected chi connectivity index (χ3v) is 12.8. The van der Waals surface area contributed by atoms with Crippen LogP contribution in [-0.4, -0.2) is 37.2 Å². The molecule has 6 nitrogen and oxygen atoms in total. The minimum atomic E-state index is -0.849. The van der Waals surface area contributed by atoms with E-state index in [0.717, 1.165) is 96.3 Å². The summed E-state index contributed by atoms with van der Waals surface area (Å²) >= 11 is 0. The maximum atomic E-state index is 12.9. The normalized spacial score (nSPS) is 13.1. The van der Waals surface area contributed by atoms with E-state index in [1.807, 2.05) is 12.2 Å². The van der Waals surface area contributed by atoms with E-state index in [4.69, 9.17) is 14.2 Å². The molecule has 0 aromatic heterocycles. The van der Waals surface area contributed by atoms with Gasteiger partial charge in [0.2, 0.25) is 0 Å². The Kier molecular flexibility index (Phi) is 59.9. The lowest BCUT2D eigenvalue weighted by atomic mass is 10.0. The largest absolute Gasteiger partial charge is 0.462 e. The number of hydrogen-bond donors (Lipinski definition) is 0. The topological polar surface area (TPSA) is 78.9 Å². The summed E-state index contributed by atoms with van der Waals surface area (Å²) in [6.07, 6.45) is 91.6. The molecule has 0 amide bonds. The van der Waals surface area contributed by atoms with Gasteiger partial charge in [0.15, 0.2) is 6.10 Å². The van der Waals surface area contributed by atoms with Gasteiger partial charge in [-0.25, -0.2) is 0 Å². The lowest BCUT2D eigenvalue weighted by Gasteiger charge is -2.18. The van der Waals surface area contributed by atoms with Gasteiger partial charge in [0.1, 0.15) is 13.2 Å². The zero-order valence-corrected chi connectivity index (χ0v) is 49.7. The van der Waals surface area contributed by atoms with E-state index in [-0.39, 0.29) is 38.0 Å². The maximum absolute atomic E-state index is 12.9. The van der Waals surface area contributed by atoms with E-state index in [1.165, 1.54) is 116 Å². The number of esters is 3. The van der Waals surface area contributed by atoms with Crippen LogP contribution in [0.1, 0.15) is 265 Å². The summed E-state index contributed by atoms with van der Waals surface area (Å²) in [5.74, 6) is -1.08. The van der Waals surface area contributed by atoms with E-state index in [9.17, 15) is 14.4 Å². The monoisotopic (exact) mass is 1060 g/mol. The molecule has 0 rings (SSSR count). The molecule has 0 aliphatic rings. The van der Waals surface area contributed by atoms with Gasteiger partial charge in [-0.3, -0.25) is 14.4 Å². The molecule has 0 aromatic rings. The van der Waals surface area contributed by atoms with Crippen molar-refractivity contribution in [2.45, 2.75) is 271 Å². The predicted molar refractivity (Wildman–Crippen MR) is 334 cm³/mol. The minimum Gasteiger partial charge on any atom is -0.462 e. The van der Waals surface area contributed by atoms with Crippen molar-refractivity contribution in [3.8, 4) is 0 Å². The average Bonchev–Trinajstić information content (AvgIpc) is 3.43. The molecule has 0 bridgehead atoms. The van der Waals surface area contributed by atoms with Gasteiger partial charge >= 0.3 is 17.9 Å². The molecule has 0 heterocycles. The first kappa shape index (κ1) is 72.3. The third-order valence-electron chi connectivity index (χ3n) is 12.8. The van der Waals surface area contributed by atoms with Crippen LogP contribution in [0.4, 0.5) is 0 Å². The summed E-state index contributed by atoms with van der Waals surface area (Å²) in [6, 6.07) is 0. The number of ether oxygens (including phenoxy) is 3. The van der Waals surface area contributed by atoms with Crippen molar-refractivity contribution in [2.75, 3.05) is 13.2 Å². The fourth-order valence-electron chi connectivity index (χ4n) is 8.21. The second-order valence-corrected chi connectivity index (χ2v) is 20.2. The van der Waals surface area contributed by atoms with E-state index >= 15 is 0 Å². The Hall–Kier alpha value is -4.71. The van der Waals surface area contributed by atoms with Crippen LogP contribution >= 0.6 is 0 Å². The highest BCUT2D eigenvalue weighted by Crippen LogP contribution is 2.15. The summed E-state index contributed by atoms with van der Waals surface area (Å²) in [6.45, 7) is 6.31. The predicted octanol–water partition coefficient (Wildman–Crippen LogP) is 21.5. The third kappa shape index (κ3) is 62.0. The standard InChI is InChI=1S/C71H114O6/c1-4-7-10-13-16-19-22-25-28-31-33-34-35-36-38-40-43-46-49-52-55-58-61-64-70(73)76-67-68(66-75-69(72)63-60-57-54-51-48-45-42-39-30-27-24-21-18-15-12-9-6-3)77-71(74)65-62-59-56-53-50-47-44-41-37-32-29-26-23-20-17-14-11-8-5-2/h8-9,11-12,17-18,20-21,26-27,29-31,33,37,41-42,45,47,50-51,54,56,59,68H,4-7,10,13-16,19,22-25,28,32,34-36,38-40,43-44,46,48-49,52-53,55,57-58,60-67H2,1-3H3/b11-8-,12-9-,20-17-,21-18-,29-26-,30-27-,33-31-,41-37-,45-42-,50-47-,54-51-,59-56-. The number of unbranched alkanes of at least 4 members (excludes halogenated alkanes) is 20. The van der Waals surface area contributed by atoms with E-state index in [0.29, 0.717) is 19.3 Å². The molecule has 0 aliphatic carbocycles. The van der Waals surface area contributed by atoms with Crippen molar-refractivity contribution >= 4 is 17.9 Å². The van der Waals surface area contributed by atoms with Gasteiger partial charge in [0.05, 0.1) is 0 Å². The molecular weight excluding hydrogens is 949 g/mol. The van der Waals surface area contributed by atoms with Crippen molar-refractivity contribution in [3.63, 3.8) is 0 Å². The molecule has 0 saturated carbocycles. The molecule has 0 fully saturated rings. The molecule has 0 radical (unpaired) electrons. The number of rotatable bonds is 55. The molecule has 1 atom stereocenters. The molecule has 0 N–H and O–H groups in total. The fraction of sp³-hybridized carbons (Fsp3) is 0.620. The molecule has 1 unspecified atom stereocenters. The smallest absolute Gasteiger partial charge is 0.306 e. The van der Waals surface area contributed by atoms with E-state index < -0.39 is 12.1 Å². The molecule has 77 heavy (non-hydrogen) atoms. The Bertz CT molecular complexity index is 1700. The Labute approximate surface area is 474 Å². The molecule has 0 spiro atoms. The second kappa shape index (κ2) is 63.8. The molecule has 0 saturated heterocycles. The van der Waals surface area contributed by atoms with E-state index in [1.54, 1.807) is 0 Å². The summed E-state index contributed by atoms with van der Waals surface area (Å²) in [7, 11) is 0. The number of allylic oxidation sites excluding steroid dienone is 24. The van der Waals surface area contributed by atoms with Gasteiger partial charge in [0, 0.05) is 19.3 Å². The van der Waals surface area contributed by atoms with Crippen LogP contribution < -0.4 is 0 Å². The van der Waals surface area contributed by atoms with Crippen molar-refractivity contribution < 1.29 is 28.6 Å². The Balaban J connectivity index is 4.54. The summed E-state index contributed by atoms with van der Waals surface area (Å²) in [5, 5.41) is 0. The van der Waals surface area contributed by atoms with Crippen LogP contribution in [0, 0.1) is 0 Å². The average molecular weight is 1060 g/mol. The molecule has 0 aromatic carbocycles. The van der Waals surface area contributed by atoms with Gasteiger partial charge in [0.25, 0.3) is 0 Å². The van der Waals surface area contributed by atoms with Gasteiger partial charge in [-0.05, 0) is 122 Å². The zero-order valence-electron chi connectivity index (χ0n) is 49.7. The number of carbonyl (C=O) groups excluding carboxylic acids is 3. The summed E-state index contributed by atoms with van der Waals surface area (Å²) < 4.78 is 16.8. The SMILES string of the molecule is CC/C=C\C/C=C\C/C=C\C/C=C\C/C=C\C/C=C\CCC(=O)OC(COC(=O)CCC/C=C\C/C=C\C/C=C\C/C=C\C/C=C\CC)COC(=O)CCCCCCCCCCCCC/C=C\CCCCCCCCCC. The molecule has 6 heteroatoms. The van der Waals surface area contributed by atoms with Crippen molar-refractivity contribution in [1.82, 2.24) is 0 Å². The first-order valence-electron chi connectivity index (χ1n) is 31.3. The van der Waals surface area contributed by atoms with Crippen LogP contribution in [0.25, 0.3) is 0 Å². The van der Waals surface area contributed by atoms with Crippen molar-refractivity contribution in [3.05, 3.63) is 146 Å². The summed E-state index contributed by atoms with van der Waals surface area (Å²) in [4.78, 5) is 38.2. The zero-order chi connectivity index (χ0) is 55.7.